The van der Waals surface area contributed by atoms with Crippen LogP contribution >= 0.6 is 0 Å². The van der Waals surface area contributed by atoms with Gasteiger partial charge in [0.1, 0.15) is 0 Å². The molecule has 4 aromatic carbocycles. The van der Waals surface area contributed by atoms with Crippen molar-refractivity contribution in [3.8, 4) is 0 Å². The van der Waals surface area contributed by atoms with Gasteiger partial charge in [-0.1, -0.05) is 97.1 Å². The van der Waals surface area contributed by atoms with Crippen LogP contribution in [0.2, 0.25) is 0 Å². The van der Waals surface area contributed by atoms with Crippen LogP contribution < -0.4 is 4.90 Å². The van der Waals surface area contributed by atoms with E-state index in [4.69, 9.17) is 0 Å². The lowest BCUT2D eigenvalue weighted by molar-refractivity contribution is -0.135. The number of ketones is 1. The molecule has 1 aliphatic heterocycles. The zero-order valence-electron chi connectivity index (χ0n) is 18.0. The lowest BCUT2D eigenvalue weighted by Gasteiger charge is -2.22. The van der Waals surface area contributed by atoms with E-state index in [0.717, 1.165) is 16.3 Å². The van der Waals surface area contributed by atoms with Crippen molar-refractivity contribution in [3.05, 3.63) is 120 Å². The number of para-hydroxylation sites is 1. The first-order chi connectivity index (χ1) is 16.1. The van der Waals surface area contributed by atoms with Crippen LogP contribution in [-0.2, 0) is 10.4 Å². The highest BCUT2D eigenvalue weighted by Gasteiger charge is 2.50. The summed E-state index contributed by atoms with van der Waals surface area (Å²) in [7, 11) is 0. The third-order valence-corrected chi connectivity index (χ3v) is 6.13. The van der Waals surface area contributed by atoms with Crippen LogP contribution in [0, 0.1) is 0 Å². The highest BCUT2D eigenvalue weighted by atomic mass is 16.3. The summed E-state index contributed by atoms with van der Waals surface area (Å²) in [4.78, 5) is 28.1. The van der Waals surface area contributed by atoms with Crippen molar-refractivity contribution in [2.45, 2.75) is 12.0 Å². The normalized spacial score (nSPS) is 17.6. The van der Waals surface area contributed by atoms with E-state index in [0.29, 0.717) is 23.4 Å². The molecule has 0 saturated heterocycles. The van der Waals surface area contributed by atoms with Crippen LogP contribution in [0.1, 0.15) is 27.9 Å². The van der Waals surface area contributed by atoms with Crippen LogP contribution in [-0.4, -0.2) is 23.3 Å². The summed E-state index contributed by atoms with van der Waals surface area (Å²) in [5.41, 5.74) is 0.722. The molecule has 162 valence electrons. The Morgan fingerprint density at radius 1 is 0.848 bits per heavy atom. The van der Waals surface area contributed by atoms with Gasteiger partial charge in [-0.25, -0.2) is 0 Å². The van der Waals surface area contributed by atoms with E-state index >= 15 is 0 Å². The number of benzene rings is 4. The molecule has 0 aromatic heterocycles. The predicted octanol–water partition coefficient (Wildman–Crippen LogP) is 5.36. The van der Waals surface area contributed by atoms with Crippen molar-refractivity contribution in [2.24, 2.45) is 0 Å². The summed E-state index contributed by atoms with van der Waals surface area (Å²) in [6.07, 6.45) is 3.52. The van der Waals surface area contributed by atoms with E-state index in [9.17, 15) is 14.7 Å². The summed E-state index contributed by atoms with van der Waals surface area (Å²) in [6.45, 7) is 0.303. The van der Waals surface area contributed by atoms with Gasteiger partial charge >= 0.3 is 0 Å². The van der Waals surface area contributed by atoms with Gasteiger partial charge in [-0.3, -0.25) is 9.59 Å². The van der Waals surface area contributed by atoms with Gasteiger partial charge in [-0.05, 0) is 28.5 Å². The van der Waals surface area contributed by atoms with E-state index in [2.05, 4.69) is 0 Å². The minimum absolute atomic E-state index is 0.270. The van der Waals surface area contributed by atoms with E-state index in [1.165, 1.54) is 0 Å². The zero-order valence-corrected chi connectivity index (χ0v) is 18.0. The molecule has 4 heteroatoms. The number of hydrogen-bond donors (Lipinski definition) is 1. The fraction of sp³-hybridized carbons (Fsp3) is 0.103. The Labute approximate surface area is 192 Å². The minimum Gasteiger partial charge on any atom is -0.375 e. The van der Waals surface area contributed by atoms with Crippen molar-refractivity contribution in [1.82, 2.24) is 0 Å². The van der Waals surface area contributed by atoms with Crippen molar-refractivity contribution in [3.63, 3.8) is 0 Å². The summed E-state index contributed by atoms with van der Waals surface area (Å²) in [5, 5.41) is 13.5. The van der Waals surface area contributed by atoms with Crippen LogP contribution in [0.3, 0.4) is 0 Å². The first-order valence-electron chi connectivity index (χ1n) is 10.9. The van der Waals surface area contributed by atoms with E-state index in [-0.39, 0.29) is 12.2 Å². The fourth-order valence-corrected chi connectivity index (χ4v) is 4.41. The molecule has 5 rings (SSSR count). The average molecular weight is 434 g/mol. The van der Waals surface area contributed by atoms with Crippen molar-refractivity contribution in [1.29, 1.82) is 0 Å². The second kappa shape index (κ2) is 8.49. The van der Waals surface area contributed by atoms with Crippen LogP contribution in [0.25, 0.3) is 16.8 Å². The molecular formula is C29H23NO3. The smallest absolute Gasteiger partial charge is 0.264 e. The maximum absolute atomic E-state index is 13.4. The van der Waals surface area contributed by atoms with Gasteiger partial charge in [0, 0.05) is 17.7 Å². The summed E-state index contributed by atoms with van der Waals surface area (Å²) < 4.78 is 0. The van der Waals surface area contributed by atoms with Crippen molar-refractivity contribution in [2.75, 3.05) is 11.4 Å². The van der Waals surface area contributed by atoms with E-state index in [1.54, 1.807) is 23.1 Å². The van der Waals surface area contributed by atoms with Gasteiger partial charge in [-0.2, -0.15) is 0 Å². The Balaban J connectivity index is 1.42. The first-order valence-corrected chi connectivity index (χ1v) is 10.9. The Kier molecular flexibility index (Phi) is 5.37. The molecule has 0 radical (unpaired) electrons. The van der Waals surface area contributed by atoms with E-state index in [1.807, 2.05) is 91.0 Å². The van der Waals surface area contributed by atoms with Gasteiger partial charge in [0.25, 0.3) is 5.91 Å². The quantitative estimate of drug-likeness (QED) is 0.417. The molecule has 0 saturated carbocycles. The largest absolute Gasteiger partial charge is 0.375 e. The molecule has 1 N–H and O–H groups in total. The molecule has 1 atom stereocenters. The summed E-state index contributed by atoms with van der Waals surface area (Å²) in [6, 6.07) is 30.2. The molecular weight excluding hydrogens is 410 g/mol. The number of carbonyl (C=O) groups is 2. The molecule has 0 bridgehead atoms. The number of anilines is 1. The maximum atomic E-state index is 13.4. The Hall–Kier alpha value is -4.02. The number of amides is 1. The summed E-state index contributed by atoms with van der Waals surface area (Å²) >= 11 is 0. The Morgan fingerprint density at radius 2 is 1.55 bits per heavy atom. The maximum Gasteiger partial charge on any atom is 0.264 e. The van der Waals surface area contributed by atoms with E-state index < -0.39 is 11.5 Å². The highest BCUT2D eigenvalue weighted by Crippen LogP contribution is 2.42. The second-order valence-electron chi connectivity index (χ2n) is 8.27. The van der Waals surface area contributed by atoms with Crippen LogP contribution in [0.5, 0.6) is 0 Å². The molecule has 4 nitrogen and oxygen atoms in total. The Bertz CT molecular complexity index is 1380. The average Bonchev–Trinajstić information content (AvgIpc) is 3.06. The number of Topliss-reactive ketones (excluding diaryl/α,β-unsaturated/α-hetero) is 1. The number of nitrogens with zero attached hydrogens (tertiary/aromatic N) is 1. The highest BCUT2D eigenvalue weighted by molar-refractivity contribution is 6.11. The third kappa shape index (κ3) is 3.86. The number of rotatable bonds is 6. The lowest BCUT2D eigenvalue weighted by Crippen LogP contribution is -2.42. The molecule has 1 unspecified atom stereocenters. The monoisotopic (exact) mass is 433 g/mol. The van der Waals surface area contributed by atoms with Gasteiger partial charge in [0.15, 0.2) is 11.4 Å². The molecule has 1 heterocycles. The van der Waals surface area contributed by atoms with Gasteiger partial charge in [-0.15, -0.1) is 0 Å². The summed E-state index contributed by atoms with van der Waals surface area (Å²) in [5.74, 6) is -0.747. The molecule has 0 spiro atoms. The van der Waals surface area contributed by atoms with Gasteiger partial charge < -0.3 is 10.0 Å². The topological polar surface area (TPSA) is 57.6 Å². The molecule has 33 heavy (non-hydrogen) atoms. The molecule has 0 aliphatic carbocycles. The molecule has 1 amide bonds. The third-order valence-electron chi connectivity index (χ3n) is 6.13. The van der Waals surface area contributed by atoms with Crippen molar-refractivity contribution < 1.29 is 14.7 Å². The SMILES string of the molecule is O=C(CC1(O)C(=O)N(C/C=C/c2ccccc2)c2ccccc21)c1ccc2ccccc2c1. The Morgan fingerprint density at radius 3 is 2.36 bits per heavy atom. The molecule has 0 fully saturated rings. The molecule has 4 aromatic rings. The standard InChI is InChI=1S/C29H23NO3/c31-27(24-17-16-22-12-4-5-13-23(22)19-24)20-29(33)25-14-6-7-15-26(25)30(28(29)32)18-8-11-21-9-2-1-3-10-21/h1-17,19,33H,18,20H2/b11-8+. The predicted molar refractivity (Wildman–Crippen MR) is 131 cm³/mol. The van der Waals surface area contributed by atoms with Gasteiger partial charge in [0.05, 0.1) is 12.1 Å². The van der Waals surface area contributed by atoms with Crippen LogP contribution in [0.15, 0.2) is 103 Å². The second-order valence-corrected chi connectivity index (χ2v) is 8.27. The molecule has 1 aliphatic rings. The lowest BCUT2D eigenvalue weighted by atomic mass is 9.88. The van der Waals surface area contributed by atoms with Gasteiger partial charge in [0.2, 0.25) is 0 Å². The van der Waals surface area contributed by atoms with Crippen molar-refractivity contribution >= 4 is 34.2 Å². The number of hydrogen-bond acceptors (Lipinski definition) is 3. The number of aliphatic hydroxyl groups is 1. The first kappa shape index (κ1) is 20.9. The fourth-order valence-electron chi connectivity index (χ4n) is 4.41. The number of fused-ring (bicyclic) bond motifs is 2. The van der Waals surface area contributed by atoms with Crippen LogP contribution in [0.4, 0.5) is 5.69 Å². The minimum atomic E-state index is -1.89. The number of carbonyl (C=O) groups excluding carboxylic acids is 2. The zero-order chi connectivity index (χ0) is 22.8.